The molecule has 0 saturated carbocycles. The number of halogens is 1. The number of carbonyl (C=O) groups excluding carboxylic acids is 2. The van der Waals surface area contributed by atoms with E-state index < -0.39 is 23.4 Å². The molecule has 19 heavy (non-hydrogen) atoms. The van der Waals surface area contributed by atoms with Crippen LogP contribution in [0.25, 0.3) is 0 Å². The van der Waals surface area contributed by atoms with E-state index in [0.717, 1.165) is 5.75 Å². The van der Waals surface area contributed by atoms with Gasteiger partial charge in [0.15, 0.2) is 0 Å². The van der Waals surface area contributed by atoms with Crippen LogP contribution in [0.15, 0.2) is 28.9 Å². The lowest BCUT2D eigenvalue weighted by Crippen LogP contribution is -2.68. The number of hydrogen-bond donors (Lipinski definition) is 2. The Morgan fingerprint density at radius 1 is 1.68 bits per heavy atom. The molecule has 2 heterocycles. The lowest BCUT2D eigenvalue weighted by atomic mass is 10.1. The standard InChI is InChI=1S/C10H10BrN3O4S/c11-4-5(15)6(13-18)8(16)12-7-9(17)14-2-1-3-19-10(7)14/h1-2,7,10,15H,3-4H2,(H,12,16)/t7?,10-/m0/s1. The molecular weight excluding hydrogens is 338 g/mol. The van der Waals surface area contributed by atoms with Gasteiger partial charge in [-0.1, -0.05) is 22.0 Å². The van der Waals surface area contributed by atoms with Crippen molar-refractivity contribution in [3.8, 4) is 0 Å². The second-order valence-corrected chi connectivity index (χ2v) is 5.54. The number of β-lactam (4-membered cyclic amide) rings is 1. The fourth-order valence-electron chi connectivity index (χ4n) is 1.76. The number of carbonyl (C=O) groups is 2. The number of allylic oxidation sites excluding steroid dienone is 1. The Balaban J connectivity index is 2.06. The van der Waals surface area contributed by atoms with E-state index in [2.05, 4.69) is 26.4 Å². The van der Waals surface area contributed by atoms with Crippen LogP contribution in [0, 0.1) is 4.91 Å². The molecule has 0 radical (unpaired) electrons. The molecule has 2 N–H and O–H groups in total. The van der Waals surface area contributed by atoms with Crippen LogP contribution in [-0.4, -0.2) is 44.3 Å². The van der Waals surface area contributed by atoms with Crippen LogP contribution in [0.1, 0.15) is 0 Å². The van der Waals surface area contributed by atoms with Gasteiger partial charge in [0.25, 0.3) is 11.8 Å². The summed E-state index contributed by atoms with van der Waals surface area (Å²) in [6.07, 6.45) is 3.53. The van der Waals surface area contributed by atoms with Crippen LogP contribution >= 0.6 is 27.7 Å². The van der Waals surface area contributed by atoms with Gasteiger partial charge < -0.3 is 15.3 Å². The number of thioether (sulfide) groups is 1. The molecule has 9 heteroatoms. The molecule has 1 fully saturated rings. The van der Waals surface area contributed by atoms with E-state index in [0.29, 0.717) is 0 Å². The molecule has 2 rings (SSSR count). The second-order valence-electron chi connectivity index (χ2n) is 3.83. The number of aliphatic hydroxyl groups is 1. The normalized spacial score (nSPS) is 26.2. The van der Waals surface area contributed by atoms with Crippen molar-refractivity contribution in [1.29, 1.82) is 0 Å². The number of nitrogens with one attached hydrogen (secondary N) is 1. The van der Waals surface area contributed by atoms with E-state index in [-0.39, 0.29) is 16.6 Å². The minimum absolute atomic E-state index is 0.0624. The van der Waals surface area contributed by atoms with Gasteiger partial charge in [0, 0.05) is 12.0 Å². The first-order valence-electron chi connectivity index (χ1n) is 5.33. The highest BCUT2D eigenvalue weighted by molar-refractivity contribution is 9.09. The molecular formula is C10H10BrN3O4S. The molecule has 2 atom stereocenters. The van der Waals surface area contributed by atoms with Crippen molar-refractivity contribution in [3.05, 3.63) is 28.6 Å². The van der Waals surface area contributed by atoms with Crippen molar-refractivity contribution >= 4 is 39.5 Å². The zero-order valence-corrected chi connectivity index (χ0v) is 12.0. The van der Waals surface area contributed by atoms with Crippen molar-refractivity contribution in [2.75, 3.05) is 11.1 Å². The smallest absolute Gasteiger partial charge is 0.277 e. The van der Waals surface area contributed by atoms with Crippen LogP contribution in [0.4, 0.5) is 0 Å². The summed E-state index contributed by atoms with van der Waals surface area (Å²) in [4.78, 5) is 35.5. The zero-order valence-electron chi connectivity index (χ0n) is 9.58. The van der Waals surface area contributed by atoms with Crippen molar-refractivity contribution in [2.45, 2.75) is 11.4 Å². The Morgan fingerprint density at radius 2 is 2.42 bits per heavy atom. The number of amides is 2. The average molecular weight is 348 g/mol. The van der Waals surface area contributed by atoms with E-state index in [1.54, 1.807) is 6.20 Å². The summed E-state index contributed by atoms with van der Waals surface area (Å²) in [6, 6.07) is -0.692. The Labute approximate surface area is 121 Å². The summed E-state index contributed by atoms with van der Waals surface area (Å²) in [7, 11) is 0. The highest BCUT2D eigenvalue weighted by Gasteiger charge is 2.48. The molecule has 2 amide bonds. The number of fused-ring (bicyclic) bond motifs is 1. The summed E-state index contributed by atoms with van der Waals surface area (Å²) in [5.41, 5.74) is -0.612. The largest absolute Gasteiger partial charge is 0.509 e. The number of nitrogens with zero attached hydrogens (tertiary/aromatic N) is 2. The van der Waals surface area contributed by atoms with E-state index in [4.69, 9.17) is 0 Å². The number of hydrogen-bond acceptors (Lipinski definition) is 6. The second kappa shape index (κ2) is 5.74. The number of alkyl halides is 1. The Bertz CT molecular complexity index is 493. The van der Waals surface area contributed by atoms with Crippen molar-refractivity contribution in [3.63, 3.8) is 0 Å². The van der Waals surface area contributed by atoms with Gasteiger partial charge >= 0.3 is 0 Å². The first kappa shape index (κ1) is 14.1. The minimum Gasteiger partial charge on any atom is -0.509 e. The summed E-state index contributed by atoms with van der Waals surface area (Å²) in [5, 5.41) is 14.0. The lowest BCUT2D eigenvalue weighted by Gasteiger charge is -2.46. The zero-order chi connectivity index (χ0) is 14.0. The van der Waals surface area contributed by atoms with Gasteiger partial charge in [-0.2, -0.15) is 0 Å². The maximum Gasteiger partial charge on any atom is 0.277 e. The minimum atomic E-state index is -0.847. The molecule has 0 aliphatic carbocycles. The molecule has 102 valence electrons. The van der Waals surface area contributed by atoms with E-state index in [1.807, 2.05) is 6.08 Å². The van der Waals surface area contributed by atoms with Crippen LogP contribution < -0.4 is 5.32 Å². The van der Waals surface area contributed by atoms with Crippen molar-refractivity contribution in [2.24, 2.45) is 5.18 Å². The fraction of sp³-hybridized carbons (Fsp3) is 0.400. The summed E-state index contributed by atoms with van der Waals surface area (Å²) < 4.78 is 0. The number of nitroso groups, excluding NO2 is 1. The van der Waals surface area contributed by atoms with Crippen LogP contribution in [0.3, 0.4) is 0 Å². The van der Waals surface area contributed by atoms with Gasteiger partial charge in [0.1, 0.15) is 17.2 Å². The SMILES string of the molecule is O=NC(C(=O)NC1C(=O)N2C=CCS[C@@H]12)=C(O)CBr. The quantitative estimate of drug-likeness (QED) is 0.258. The maximum atomic E-state index is 11.8. The Morgan fingerprint density at radius 3 is 3.05 bits per heavy atom. The summed E-state index contributed by atoms with van der Waals surface area (Å²) in [5.74, 6) is -0.806. The lowest BCUT2D eigenvalue weighted by molar-refractivity contribution is -0.144. The monoisotopic (exact) mass is 347 g/mol. The van der Waals surface area contributed by atoms with Gasteiger partial charge in [-0.3, -0.25) is 9.59 Å². The molecule has 0 aromatic heterocycles. The molecule has 0 aromatic carbocycles. The maximum absolute atomic E-state index is 11.8. The van der Waals surface area contributed by atoms with Crippen LogP contribution in [0.5, 0.6) is 0 Å². The first-order valence-corrected chi connectivity index (χ1v) is 7.50. The molecule has 0 bridgehead atoms. The molecule has 0 spiro atoms. The van der Waals surface area contributed by atoms with Gasteiger partial charge in [-0.15, -0.1) is 16.7 Å². The third-order valence-electron chi connectivity index (χ3n) is 2.70. The van der Waals surface area contributed by atoms with Crippen molar-refractivity contribution < 1.29 is 14.7 Å². The third-order valence-corrected chi connectivity index (χ3v) is 4.46. The Kier molecular flexibility index (Phi) is 4.25. The molecule has 2 aliphatic rings. The van der Waals surface area contributed by atoms with Gasteiger partial charge in [0.2, 0.25) is 5.70 Å². The molecule has 1 saturated heterocycles. The van der Waals surface area contributed by atoms with E-state index in [1.165, 1.54) is 16.7 Å². The molecule has 0 aromatic rings. The van der Waals surface area contributed by atoms with Crippen LogP contribution in [0.2, 0.25) is 0 Å². The summed E-state index contributed by atoms with van der Waals surface area (Å²) in [6.45, 7) is 0. The molecule has 7 nitrogen and oxygen atoms in total. The average Bonchev–Trinajstić information content (AvgIpc) is 2.44. The molecule has 1 unspecified atom stereocenters. The summed E-state index contributed by atoms with van der Waals surface area (Å²) >= 11 is 4.42. The van der Waals surface area contributed by atoms with E-state index >= 15 is 0 Å². The third kappa shape index (κ3) is 2.52. The highest BCUT2D eigenvalue weighted by atomic mass is 79.9. The van der Waals surface area contributed by atoms with Gasteiger partial charge in [-0.05, 0) is 5.18 Å². The fourth-order valence-corrected chi connectivity index (χ4v) is 3.13. The van der Waals surface area contributed by atoms with Crippen molar-refractivity contribution in [1.82, 2.24) is 10.2 Å². The Hall–Kier alpha value is -1.35. The van der Waals surface area contributed by atoms with Gasteiger partial charge in [-0.25, -0.2) is 0 Å². The highest BCUT2D eigenvalue weighted by Crippen LogP contribution is 2.33. The molecule has 2 aliphatic heterocycles. The predicted molar refractivity (Wildman–Crippen MR) is 73.4 cm³/mol. The predicted octanol–water partition coefficient (Wildman–Crippen LogP) is 0.831. The number of aliphatic hydroxyl groups excluding tert-OH is 1. The van der Waals surface area contributed by atoms with Gasteiger partial charge in [0.05, 0.1) is 5.33 Å². The van der Waals surface area contributed by atoms with Crippen LogP contribution in [-0.2, 0) is 9.59 Å². The first-order chi connectivity index (χ1) is 9.10. The topological polar surface area (TPSA) is 99.1 Å². The number of rotatable bonds is 4. The van der Waals surface area contributed by atoms with E-state index in [9.17, 15) is 19.6 Å².